The molecule has 112 valence electrons. The summed E-state index contributed by atoms with van der Waals surface area (Å²) in [6.07, 6.45) is 5.17. The molecule has 1 aliphatic heterocycles. The zero-order valence-electron chi connectivity index (χ0n) is 11.3. The number of sulfonamides is 1. The molecule has 20 heavy (non-hydrogen) atoms. The largest absolute Gasteiger partial charge is 0.298 e. The monoisotopic (exact) mass is 334 g/mol. The predicted octanol–water partition coefficient (Wildman–Crippen LogP) is 2.65. The van der Waals surface area contributed by atoms with Crippen LogP contribution in [-0.4, -0.2) is 49.8 Å². The van der Waals surface area contributed by atoms with Gasteiger partial charge in [-0.25, -0.2) is 8.42 Å². The van der Waals surface area contributed by atoms with E-state index in [0.717, 1.165) is 24.4 Å². The van der Waals surface area contributed by atoms with Crippen molar-refractivity contribution in [3.63, 3.8) is 0 Å². The molecule has 1 aromatic rings. The van der Waals surface area contributed by atoms with Crippen LogP contribution in [0.1, 0.15) is 25.7 Å². The maximum Gasteiger partial charge on any atom is 0.252 e. The van der Waals surface area contributed by atoms with E-state index in [9.17, 15) is 8.42 Å². The summed E-state index contributed by atoms with van der Waals surface area (Å²) in [7, 11) is -3.35. The summed E-state index contributed by atoms with van der Waals surface area (Å²) in [5.41, 5.74) is 0. The summed E-state index contributed by atoms with van der Waals surface area (Å²) in [4.78, 5) is 2.46. The Hall–Kier alpha value is -0.140. The second kappa shape index (κ2) is 5.93. The lowest BCUT2D eigenvalue weighted by Crippen LogP contribution is -2.51. The van der Waals surface area contributed by atoms with Crippen LogP contribution in [0.4, 0.5) is 0 Å². The molecule has 1 saturated carbocycles. The summed E-state index contributed by atoms with van der Waals surface area (Å²) in [5.74, 6) is 0. The average molecular weight is 335 g/mol. The van der Waals surface area contributed by atoms with E-state index in [1.807, 2.05) is 0 Å². The van der Waals surface area contributed by atoms with Crippen molar-refractivity contribution in [3.05, 3.63) is 16.5 Å². The molecule has 0 N–H and O–H groups in total. The van der Waals surface area contributed by atoms with Crippen molar-refractivity contribution in [3.8, 4) is 0 Å². The lowest BCUT2D eigenvalue weighted by Gasteiger charge is -2.37. The van der Waals surface area contributed by atoms with E-state index in [2.05, 4.69) is 4.90 Å². The highest BCUT2D eigenvalue weighted by Gasteiger charge is 2.32. The molecule has 0 radical (unpaired) electrons. The number of nitrogens with zero attached hydrogens (tertiary/aromatic N) is 2. The zero-order valence-corrected chi connectivity index (χ0v) is 13.7. The minimum Gasteiger partial charge on any atom is -0.298 e. The number of thiophene rings is 1. The smallest absolute Gasteiger partial charge is 0.252 e. The SMILES string of the molecule is O=S(=O)(c1ccc(Cl)s1)N1CCN(C2CCCC2)CC1. The lowest BCUT2D eigenvalue weighted by molar-refractivity contribution is 0.139. The van der Waals surface area contributed by atoms with E-state index in [0.29, 0.717) is 27.7 Å². The molecule has 0 bridgehead atoms. The van der Waals surface area contributed by atoms with Crippen molar-refractivity contribution >= 4 is 33.0 Å². The second-order valence-corrected chi connectivity index (χ2v) is 9.32. The molecule has 0 atom stereocenters. The fourth-order valence-electron chi connectivity index (χ4n) is 3.14. The van der Waals surface area contributed by atoms with Gasteiger partial charge in [-0.1, -0.05) is 24.4 Å². The van der Waals surface area contributed by atoms with Crippen molar-refractivity contribution in [1.82, 2.24) is 9.21 Å². The van der Waals surface area contributed by atoms with Crippen LogP contribution < -0.4 is 0 Å². The molecule has 2 heterocycles. The van der Waals surface area contributed by atoms with Gasteiger partial charge in [0.25, 0.3) is 10.0 Å². The topological polar surface area (TPSA) is 40.6 Å². The van der Waals surface area contributed by atoms with Crippen LogP contribution in [0.15, 0.2) is 16.3 Å². The average Bonchev–Trinajstić information content (AvgIpc) is 3.10. The molecular formula is C13H19ClN2O2S2. The van der Waals surface area contributed by atoms with E-state index in [4.69, 9.17) is 11.6 Å². The number of rotatable bonds is 3. The Morgan fingerprint density at radius 1 is 1.10 bits per heavy atom. The Bertz CT molecular complexity index is 559. The summed E-state index contributed by atoms with van der Waals surface area (Å²) < 4.78 is 27.5. The van der Waals surface area contributed by atoms with Crippen molar-refractivity contribution in [2.75, 3.05) is 26.2 Å². The van der Waals surface area contributed by atoms with Gasteiger partial charge in [-0.3, -0.25) is 4.90 Å². The third-order valence-corrected chi connectivity index (χ3v) is 7.85. The lowest BCUT2D eigenvalue weighted by atomic mass is 10.2. The van der Waals surface area contributed by atoms with Gasteiger partial charge in [-0.05, 0) is 25.0 Å². The van der Waals surface area contributed by atoms with Gasteiger partial charge in [0.15, 0.2) is 0 Å². The zero-order chi connectivity index (χ0) is 14.2. The molecule has 1 saturated heterocycles. The molecular weight excluding hydrogens is 316 g/mol. The van der Waals surface area contributed by atoms with E-state index in [1.165, 1.54) is 25.7 Å². The Labute approximate surface area is 129 Å². The Balaban J connectivity index is 1.65. The molecule has 7 heteroatoms. The minimum atomic E-state index is -3.35. The fourth-order valence-corrected chi connectivity index (χ4v) is 6.20. The molecule has 0 aromatic carbocycles. The first kappa shape index (κ1) is 14.8. The van der Waals surface area contributed by atoms with E-state index in [-0.39, 0.29) is 0 Å². The number of halogens is 1. The normalized spacial score (nSPS) is 23.4. The van der Waals surface area contributed by atoms with Crippen molar-refractivity contribution in [2.24, 2.45) is 0 Å². The first-order chi connectivity index (χ1) is 9.57. The van der Waals surface area contributed by atoms with E-state index >= 15 is 0 Å². The molecule has 2 aliphatic rings. The molecule has 0 unspecified atom stereocenters. The molecule has 1 aromatic heterocycles. The highest BCUT2D eigenvalue weighted by molar-refractivity contribution is 7.91. The third kappa shape index (κ3) is 2.90. The Morgan fingerprint density at radius 3 is 2.30 bits per heavy atom. The molecule has 0 amide bonds. The highest BCUT2D eigenvalue weighted by Crippen LogP contribution is 2.30. The standard InChI is InChI=1S/C13H19ClN2O2S2/c14-12-5-6-13(19-12)20(17,18)16-9-7-15(8-10-16)11-3-1-2-4-11/h5-6,11H,1-4,7-10H2. The van der Waals surface area contributed by atoms with Crippen LogP contribution >= 0.6 is 22.9 Å². The Kier molecular flexibility index (Phi) is 4.38. The van der Waals surface area contributed by atoms with Crippen LogP contribution in [-0.2, 0) is 10.0 Å². The van der Waals surface area contributed by atoms with Gasteiger partial charge in [0, 0.05) is 32.2 Å². The summed E-state index contributed by atoms with van der Waals surface area (Å²) in [5, 5.41) is 0. The van der Waals surface area contributed by atoms with Crippen LogP contribution in [0.3, 0.4) is 0 Å². The van der Waals surface area contributed by atoms with Crippen molar-refractivity contribution < 1.29 is 8.42 Å². The van der Waals surface area contributed by atoms with Crippen LogP contribution in [0.25, 0.3) is 0 Å². The third-order valence-electron chi connectivity index (χ3n) is 4.26. The van der Waals surface area contributed by atoms with Crippen LogP contribution in [0.2, 0.25) is 4.34 Å². The molecule has 0 spiro atoms. The van der Waals surface area contributed by atoms with E-state index in [1.54, 1.807) is 16.4 Å². The van der Waals surface area contributed by atoms with Gasteiger partial charge >= 0.3 is 0 Å². The van der Waals surface area contributed by atoms with Gasteiger partial charge in [-0.15, -0.1) is 11.3 Å². The maximum absolute atomic E-state index is 12.5. The number of hydrogen-bond acceptors (Lipinski definition) is 4. The molecule has 4 nitrogen and oxygen atoms in total. The number of hydrogen-bond donors (Lipinski definition) is 0. The van der Waals surface area contributed by atoms with Crippen LogP contribution in [0, 0.1) is 0 Å². The number of piperazine rings is 1. The second-order valence-electron chi connectivity index (χ2n) is 5.44. The van der Waals surface area contributed by atoms with Gasteiger partial charge < -0.3 is 0 Å². The van der Waals surface area contributed by atoms with E-state index < -0.39 is 10.0 Å². The Morgan fingerprint density at radius 2 is 1.75 bits per heavy atom. The van der Waals surface area contributed by atoms with Gasteiger partial charge in [0.2, 0.25) is 0 Å². The van der Waals surface area contributed by atoms with Crippen LogP contribution in [0.5, 0.6) is 0 Å². The van der Waals surface area contributed by atoms with Crippen molar-refractivity contribution in [1.29, 1.82) is 0 Å². The first-order valence-corrected chi connectivity index (χ1v) is 9.70. The highest BCUT2D eigenvalue weighted by atomic mass is 35.5. The fraction of sp³-hybridized carbons (Fsp3) is 0.692. The summed E-state index contributed by atoms with van der Waals surface area (Å²) >= 11 is 6.98. The van der Waals surface area contributed by atoms with Gasteiger partial charge in [0.05, 0.1) is 4.34 Å². The predicted molar refractivity (Wildman–Crippen MR) is 81.9 cm³/mol. The van der Waals surface area contributed by atoms with Gasteiger partial charge in [-0.2, -0.15) is 4.31 Å². The minimum absolute atomic E-state index is 0.358. The molecule has 2 fully saturated rings. The summed E-state index contributed by atoms with van der Waals surface area (Å²) in [6.45, 7) is 2.88. The van der Waals surface area contributed by atoms with Crippen molar-refractivity contribution in [2.45, 2.75) is 35.9 Å². The first-order valence-electron chi connectivity index (χ1n) is 7.07. The quantitative estimate of drug-likeness (QED) is 0.853. The molecule has 1 aliphatic carbocycles. The molecule has 3 rings (SSSR count). The van der Waals surface area contributed by atoms with Gasteiger partial charge in [0.1, 0.15) is 4.21 Å². The maximum atomic E-state index is 12.5. The summed E-state index contributed by atoms with van der Waals surface area (Å²) in [6, 6.07) is 3.93.